The van der Waals surface area contributed by atoms with Crippen LogP contribution in [0.2, 0.25) is 5.02 Å². The van der Waals surface area contributed by atoms with Crippen LogP contribution in [-0.2, 0) is 0 Å². The van der Waals surface area contributed by atoms with Crippen molar-refractivity contribution >= 4 is 29.1 Å². The van der Waals surface area contributed by atoms with Crippen LogP contribution in [0.5, 0.6) is 0 Å². The molecule has 1 aliphatic rings. The first kappa shape index (κ1) is 14.9. The predicted molar refractivity (Wildman–Crippen MR) is 82.4 cm³/mol. The molecule has 1 fully saturated rings. The van der Waals surface area contributed by atoms with Crippen molar-refractivity contribution in [3.05, 3.63) is 28.8 Å². The summed E-state index contributed by atoms with van der Waals surface area (Å²) in [6, 6.07) is 5.65. The Hall–Kier alpha value is -0.510. The van der Waals surface area contributed by atoms with Crippen LogP contribution in [0.15, 0.2) is 23.1 Å². The molecule has 0 bridgehead atoms. The SMILES string of the molecule is CC(C)Sc1ccc(Cl)cc1C(=O)C1CCCNC1. The largest absolute Gasteiger partial charge is 0.316 e. The number of rotatable bonds is 4. The number of ketones is 1. The minimum atomic E-state index is 0.0960. The highest BCUT2D eigenvalue weighted by atomic mass is 35.5. The quantitative estimate of drug-likeness (QED) is 0.672. The molecule has 1 saturated heterocycles. The minimum Gasteiger partial charge on any atom is -0.316 e. The van der Waals surface area contributed by atoms with Crippen molar-refractivity contribution in [3.63, 3.8) is 0 Å². The van der Waals surface area contributed by atoms with Crippen molar-refractivity contribution in [2.24, 2.45) is 5.92 Å². The molecule has 19 heavy (non-hydrogen) atoms. The second-order valence-corrected chi connectivity index (χ2v) is 7.27. The Balaban J connectivity index is 2.25. The van der Waals surface area contributed by atoms with Crippen LogP contribution < -0.4 is 5.32 Å². The van der Waals surface area contributed by atoms with E-state index in [-0.39, 0.29) is 11.7 Å². The van der Waals surface area contributed by atoms with Gasteiger partial charge in [0.15, 0.2) is 5.78 Å². The number of Topliss-reactive ketones (excluding diaryl/α,β-unsaturated/α-hetero) is 1. The lowest BCUT2D eigenvalue weighted by Crippen LogP contribution is -2.34. The summed E-state index contributed by atoms with van der Waals surface area (Å²) in [5.74, 6) is 0.330. The highest BCUT2D eigenvalue weighted by molar-refractivity contribution is 8.00. The summed E-state index contributed by atoms with van der Waals surface area (Å²) in [4.78, 5) is 13.7. The van der Waals surface area contributed by atoms with E-state index in [2.05, 4.69) is 19.2 Å². The van der Waals surface area contributed by atoms with E-state index in [1.165, 1.54) is 0 Å². The van der Waals surface area contributed by atoms with E-state index in [0.717, 1.165) is 36.4 Å². The summed E-state index contributed by atoms with van der Waals surface area (Å²) in [5, 5.41) is 4.39. The fraction of sp³-hybridized carbons (Fsp3) is 0.533. The van der Waals surface area contributed by atoms with Gasteiger partial charge in [0.1, 0.15) is 0 Å². The topological polar surface area (TPSA) is 29.1 Å². The van der Waals surface area contributed by atoms with Gasteiger partial charge in [-0.1, -0.05) is 25.4 Å². The van der Waals surface area contributed by atoms with Gasteiger partial charge < -0.3 is 5.32 Å². The standard InChI is InChI=1S/C15H20ClNOS/c1-10(2)19-14-6-5-12(16)8-13(14)15(18)11-4-3-7-17-9-11/h5-6,8,10-11,17H,3-4,7,9H2,1-2H3. The lowest BCUT2D eigenvalue weighted by atomic mass is 9.91. The number of piperidine rings is 1. The molecule has 0 amide bonds. The van der Waals surface area contributed by atoms with Crippen molar-refractivity contribution < 1.29 is 4.79 Å². The molecule has 1 aliphatic heterocycles. The van der Waals surface area contributed by atoms with Crippen LogP contribution in [0.25, 0.3) is 0 Å². The van der Waals surface area contributed by atoms with Crippen molar-refractivity contribution in [1.82, 2.24) is 5.32 Å². The Morgan fingerprint density at radius 1 is 1.47 bits per heavy atom. The van der Waals surface area contributed by atoms with Crippen molar-refractivity contribution in [2.45, 2.75) is 36.8 Å². The summed E-state index contributed by atoms with van der Waals surface area (Å²) in [6.45, 7) is 6.08. The third-order valence-electron chi connectivity index (χ3n) is 3.24. The van der Waals surface area contributed by atoms with Gasteiger partial charge in [-0.25, -0.2) is 0 Å². The molecule has 2 nitrogen and oxygen atoms in total. The Labute approximate surface area is 124 Å². The smallest absolute Gasteiger partial charge is 0.168 e. The van der Waals surface area contributed by atoms with Crippen molar-refractivity contribution in [1.29, 1.82) is 0 Å². The van der Waals surface area contributed by atoms with Crippen LogP contribution in [-0.4, -0.2) is 24.1 Å². The van der Waals surface area contributed by atoms with Gasteiger partial charge in [0.25, 0.3) is 0 Å². The molecule has 4 heteroatoms. The molecule has 0 saturated carbocycles. The third-order valence-corrected chi connectivity index (χ3v) is 4.55. The molecule has 1 atom stereocenters. The van der Waals surface area contributed by atoms with E-state index >= 15 is 0 Å². The average molecular weight is 298 g/mol. The number of hydrogen-bond donors (Lipinski definition) is 1. The van der Waals surface area contributed by atoms with E-state index < -0.39 is 0 Å². The predicted octanol–water partition coefficient (Wildman–Crippen LogP) is 4.02. The van der Waals surface area contributed by atoms with Gasteiger partial charge in [-0.2, -0.15) is 0 Å². The second-order valence-electron chi connectivity index (χ2n) is 5.21. The first-order valence-electron chi connectivity index (χ1n) is 6.79. The Morgan fingerprint density at radius 3 is 2.89 bits per heavy atom. The molecule has 1 heterocycles. The number of thioether (sulfide) groups is 1. The highest BCUT2D eigenvalue weighted by Crippen LogP contribution is 2.31. The van der Waals surface area contributed by atoms with Gasteiger partial charge >= 0.3 is 0 Å². The van der Waals surface area contributed by atoms with E-state index in [1.54, 1.807) is 11.8 Å². The molecule has 104 valence electrons. The zero-order valence-corrected chi connectivity index (χ0v) is 13.0. The maximum absolute atomic E-state index is 12.6. The molecule has 1 aromatic carbocycles. The molecule has 1 aromatic rings. The van der Waals surface area contributed by atoms with E-state index in [4.69, 9.17) is 11.6 Å². The summed E-state index contributed by atoms with van der Waals surface area (Å²) < 4.78 is 0. The molecule has 1 N–H and O–H groups in total. The molecule has 0 spiro atoms. The molecule has 2 rings (SSSR count). The molecule has 1 unspecified atom stereocenters. The Kier molecular flexibility index (Phi) is 5.31. The molecule has 0 aliphatic carbocycles. The van der Waals surface area contributed by atoms with Gasteiger partial charge in [-0.3, -0.25) is 4.79 Å². The van der Waals surface area contributed by atoms with Crippen molar-refractivity contribution in [2.75, 3.05) is 13.1 Å². The minimum absolute atomic E-state index is 0.0960. The fourth-order valence-electron chi connectivity index (χ4n) is 2.35. The number of halogens is 1. The lowest BCUT2D eigenvalue weighted by molar-refractivity contribution is 0.0896. The van der Waals surface area contributed by atoms with Gasteiger partial charge in [0.05, 0.1) is 0 Å². The number of hydrogen-bond acceptors (Lipinski definition) is 3. The maximum atomic E-state index is 12.6. The summed E-state index contributed by atoms with van der Waals surface area (Å²) in [6.07, 6.45) is 2.05. The maximum Gasteiger partial charge on any atom is 0.168 e. The zero-order chi connectivity index (χ0) is 13.8. The monoisotopic (exact) mass is 297 g/mol. The van der Waals surface area contributed by atoms with Crippen LogP contribution in [0, 0.1) is 5.92 Å². The van der Waals surface area contributed by atoms with Gasteiger partial charge in [0.2, 0.25) is 0 Å². The van der Waals surface area contributed by atoms with Crippen LogP contribution >= 0.6 is 23.4 Å². The van der Waals surface area contributed by atoms with Crippen LogP contribution in [0.1, 0.15) is 37.0 Å². The molecular weight excluding hydrogens is 278 g/mol. The number of nitrogens with one attached hydrogen (secondary N) is 1. The van der Waals surface area contributed by atoms with Crippen LogP contribution in [0.4, 0.5) is 0 Å². The second kappa shape index (κ2) is 6.78. The third kappa shape index (κ3) is 3.98. The highest BCUT2D eigenvalue weighted by Gasteiger charge is 2.24. The van der Waals surface area contributed by atoms with Gasteiger partial charge in [-0.15, -0.1) is 11.8 Å². The number of carbonyl (C=O) groups is 1. The summed E-state index contributed by atoms with van der Waals surface area (Å²) in [5.41, 5.74) is 0.792. The van der Waals surface area contributed by atoms with Crippen LogP contribution in [0.3, 0.4) is 0 Å². The Bertz CT molecular complexity index is 455. The lowest BCUT2D eigenvalue weighted by Gasteiger charge is -2.22. The Morgan fingerprint density at radius 2 is 2.26 bits per heavy atom. The summed E-state index contributed by atoms with van der Waals surface area (Å²) >= 11 is 7.79. The van der Waals surface area contributed by atoms with E-state index in [9.17, 15) is 4.79 Å². The molecular formula is C15H20ClNOS. The summed E-state index contributed by atoms with van der Waals surface area (Å²) in [7, 11) is 0. The normalized spacial score (nSPS) is 19.7. The first-order valence-corrected chi connectivity index (χ1v) is 8.05. The van der Waals surface area contributed by atoms with Crippen molar-refractivity contribution in [3.8, 4) is 0 Å². The fourth-order valence-corrected chi connectivity index (χ4v) is 3.46. The number of benzene rings is 1. The van der Waals surface area contributed by atoms with E-state index in [0.29, 0.717) is 10.3 Å². The van der Waals surface area contributed by atoms with Gasteiger partial charge in [-0.05, 0) is 37.6 Å². The molecule has 0 radical (unpaired) electrons. The first-order chi connectivity index (χ1) is 9.08. The number of carbonyl (C=O) groups excluding carboxylic acids is 1. The average Bonchev–Trinajstić information content (AvgIpc) is 2.40. The molecule has 0 aromatic heterocycles. The van der Waals surface area contributed by atoms with E-state index in [1.807, 2.05) is 18.2 Å². The zero-order valence-electron chi connectivity index (χ0n) is 11.4. The van der Waals surface area contributed by atoms with Gasteiger partial charge in [0, 0.05) is 33.2 Å².